The molecule has 0 spiro atoms. The van der Waals surface area contributed by atoms with Crippen molar-refractivity contribution in [1.29, 1.82) is 0 Å². The van der Waals surface area contributed by atoms with E-state index in [1.807, 2.05) is 0 Å². The quantitative estimate of drug-likeness (QED) is 0.362. The van der Waals surface area contributed by atoms with Crippen LogP contribution in [0.5, 0.6) is 0 Å². The fourth-order valence-electron chi connectivity index (χ4n) is 0.144. The van der Waals surface area contributed by atoms with Gasteiger partial charge >= 0.3 is 0 Å². The molecule has 0 aromatic carbocycles. The van der Waals surface area contributed by atoms with Gasteiger partial charge in [0.1, 0.15) is 0 Å². The highest BCUT2D eigenvalue weighted by atomic mass is 14.8. The zero-order chi connectivity index (χ0) is 4.83. The van der Waals surface area contributed by atoms with Gasteiger partial charge in [0.25, 0.3) is 0 Å². The lowest BCUT2D eigenvalue weighted by atomic mass is 10.6. The van der Waals surface area contributed by atoms with Crippen LogP contribution in [0.25, 0.3) is 0 Å². The van der Waals surface area contributed by atoms with E-state index in [-0.39, 0.29) is 0 Å². The zero-order valence-corrected chi connectivity index (χ0v) is 3.57. The van der Waals surface area contributed by atoms with Crippen molar-refractivity contribution in [3.05, 3.63) is 6.92 Å². The number of rotatable bonds is 2. The maximum atomic E-state index is 5.01. The van der Waals surface area contributed by atoms with Crippen LogP contribution in [0.2, 0.25) is 0 Å². The van der Waals surface area contributed by atoms with E-state index in [1.165, 1.54) is 0 Å². The lowest BCUT2D eigenvalue weighted by Crippen LogP contribution is -2.11. The van der Waals surface area contributed by atoms with Crippen LogP contribution in [0.1, 0.15) is 0 Å². The van der Waals surface area contributed by atoms with Gasteiger partial charge in [0.2, 0.25) is 0 Å². The number of nitrogens with one attached hydrogen (secondary N) is 1. The van der Waals surface area contributed by atoms with E-state index in [2.05, 4.69) is 11.2 Å². The average Bonchev–Trinajstić information content (AvgIpc) is 1.61. The second kappa shape index (κ2) is 4.52. The molecule has 32 valence electrons. The predicted molar refractivity (Wildman–Crippen MR) is 26.0 cm³/mol. The van der Waals surface area contributed by atoms with Crippen LogP contribution in [-0.2, 0) is 0 Å². The van der Waals surface area contributed by atoms with Gasteiger partial charge in [0.15, 0.2) is 0 Å². The molecule has 1 nitrogen and oxygen atoms in total. The van der Waals surface area contributed by atoms with Crippen molar-refractivity contribution in [2.75, 3.05) is 13.1 Å². The maximum Gasteiger partial charge on any atom is 0.0573 e. The molecular formula is C5H7N. The van der Waals surface area contributed by atoms with Crippen molar-refractivity contribution in [3.63, 3.8) is 0 Å². The summed E-state index contributed by atoms with van der Waals surface area (Å²) in [5.41, 5.74) is 0. The summed E-state index contributed by atoms with van der Waals surface area (Å²) in [7, 11) is 0. The summed E-state index contributed by atoms with van der Waals surface area (Å²) in [6, 6.07) is 0. The minimum absolute atomic E-state index is 0.462. The molecule has 0 rings (SSSR count). The molecule has 0 amide bonds. The summed E-state index contributed by atoms with van der Waals surface area (Å²) in [6.07, 6.45) is 4.85. The van der Waals surface area contributed by atoms with Crippen LogP contribution in [0.15, 0.2) is 0 Å². The fourth-order valence-corrected chi connectivity index (χ4v) is 0.144. The van der Waals surface area contributed by atoms with Crippen LogP contribution in [0.3, 0.4) is 0 Å². The topological polar surface area (TPSA) is 12.0 Å². The van der Waals surface area contributed by atoms with Crippen molar-refractivity contribution in [2.24, 2.45) is 0 Å². The van der Waals surface area contributed by atoms with Crippen molar-refractivity contribution in [1.82, 2.24) is 5.32 Å². The van der Waals surface area contributed by atoms with Gasteiger partial charge in [0, 0.05) is 0 Å². The van der Waals surface area contributed by atoms with Crippen LogP contribution in [0, 0.1) is 19.3 Å². The van der Waals surface area contributed by atoms with E-state index in [1.54, 1.807) is 0 Å². The second-order valence-corrected chi connectivity index (χ2v) is 0.835. The van der Waals surface area contributed by atoms with Crippen molar-refractivity contribution in [2.45, 2.75) is 0 Å². The lowest BCUT2D eigenvalue weighted by molar-refractivity contribution is 0.855. The summed E-state index contributed by atoms with van der Waals surface area (Å²) < 4.78 is 0. The van der Waals surface area contributed by atoms with Gasteiger partial charge in [-0.25, -0.2) is 0 Å². The molecular weight excluding hydrogens is 74.1 g/mol. The fraction of sp³-hybridized carbons (Fsp3) is 0.400. The lowest BCUT2D eigenvalue weighted by Gasteiger charge is -1.85. The first-order chi connectivity index (χ1) is 2.91. The monoisotopic (exact) mass is 81.1 g/mol. The third-order valence-electron chi connectivity index (χ3n) is 0.371. The normalized spacial score (nSPS) is 7.33. The van der Waals surface area contributed by atoms with E-state index in [4.69, 9.17) is 13.3 Å². The zero-order valence-electron chi connectivity index (χ0n) is 3.57. The van der Waals surface area contributed by atoms with Gasteiger partial charge in [-0.05, 0) is 13.5 Å². The molecule has 0 saturated carbocycles. The molecule has 0 heterocycles. The molecule has 0 fully saturated rings. The molecule has 6 heavy (non-hydrogen) atoms. The molecule has 0 saturated heterocycles. The molecule has 0 bridgehead atoms. The molecule has 2 radical (unpaired) electrons. The Balaban J connectivity index is 2.54. The van der Waals surface area contributed by atoms with E-state index in [0.29, 0.717) is 13.1 Å². The SMILES string of the molecule is [CH]CNCC#C. The van der Waals surface area contributed by atoms with Crippen LogP contribution < -0.4 is 5.32 Å². The Morgan fingerprint density at radius 3 is 2.50 bits per heavy atom. The molecule has 1 N–H and O–H groups in total. The summed E-state index contributed by atoms with van der Waals surface area (Å²) in [5.74, 6) is 2.38. The molecule has 0 aliphatic heterocycles. The predicted octanol–water partition coefficient (Wildman–Crippen LogP) is -0.0797. The Kier molecular flexibility index (Phi) is 4.16. The van der Waals surface area contributed by atoms with E-state index in [9.17, 15) is 0 Å². The highest BCUT2D eigenvalue weighted by molar-refractivity contribution is 4.86. The third kappa shape index (κ3) is 3.52. The van der Waals surface area contributed by atoms with Gasteiger partial charge in [-0.1, -0.05) is 5.92 Å². The van der Waals surface area contributed by atoms with Gasteiger partial charge in [-0.2, -0.15) is 0 Å². The Morgan fingerprint density at radius 1 is 1.67 bits per heavy atom. The van der Waals surface area contributed by atoms with Crippen molar-refractivity contribution < 1.29 is 0 Å². The average molecular weight is 81.1 g/mol. The summed E-state index contributed by atoms with van der Waals surface area (Å²) in [5, 5.41) is 2.74. The molecule has 0 aliphatic rings. The smallest absolute Gasteiger partial charge is 0.0573 e. The minimum atomic E-state index is 0.462. The minimum Gasteiger partial charge on any atom is -0.306 e. The molecule has 0 aromatic rings. The van der Waals surface area contributed by atoms with Gasteiger partial charge < -0.3 is 5.32 Å². The summed E-state index contributed by atoms with van der Waals surface area (Å²) >= 11 is 0. The number of terminal acetylenes is 1. The Morgan fingerprint density at radius 2 is 2.33 bits per heavy atom. The first kappa shape index (κ1) is 5.52. The second-order valence-electron chi connectivity index (χ2n) is 0.835. The van der Waals surface area contributed by atoms with Gasteiger partial charge in [-0.15, -0.1) is 6.42 Å². The first-order valence-electron chi connectivity index (χ1n) is 1.76. The highest BCUT2D eigenvalue weighted by Crippen LogP contribution is 1.48. The van der Waals surface area contributed by atoms with Crippen molar-refractivity contribution >= 4 is 0 Å². The molecule has 0 aromatic heterocycles. The van der Waals surface area contributed by atoms with Crippen LogP contribution >= 0.6 is 0 Å². The Hall–Kier alpha value is -0.480. The summed E-state index contributed by atoms with van der Waals surface area (Å²) in [6.45, 7) is 6.04. The van der Waals surface area contributed by atoms with E-state index in [0.717, 1.165) is 0 Å². The van der Waals surface area contributed by atoms with Crippen LogP contribution in [-0.4, -0.2) is 13.1 Å². The summed E-state index contributed by atoms with van der Waals surface area (Å²) in [4.78, 5) is 0. The molecule has 0 aliphatic carbocycles. The number of hydrogen-bond acceptors (Lipinski definition) is 1. The third-order valence-corrected chi connectivity index (χ3v) is 0.371. The first-order valence-corrected chi connectivity index (χ1v) is 1.76. The van der Waals surface area contributed by atoms with Gasteiger partial charge in [0.05, 0.1) is 6.54 Å². The van der Waals surface area contributed by atoms with E-state index >= 15 is 0 Å². The Labute approximate surface area is 38.7 Å². The maximum absolute atomic E-state index is 5.01. The Bertz CT molecular complexity index is 51.4. The molecule has 1 heteroatoms. The molecule has 0 atom stereocenters. The van der Waals surface area contributed by atoms with Crippen LogP contribution in [0.4, 0.5) is 0 Å². The van der Waals surface area contributed by atoms with Gasteiger partial charge in [-0.3, -0.25) is 0 Å². The molecule has 0 unspecified atom stereocenters. The highest BCUT2D eigenvalue weighted by Gasteiger charge is 1.67. The standard InChI is InChI=1S/C5H7N/c1-3-5-6-4-2/h1-2,6H,4-5H2. The number of hydrogen-bond donors (Lipinski definition) is 1. The van der Waals surface area contributed by atoms with Crippen molar-refractivity contribution in [3.8, 4) is 12.3 Å². The largest absolute Gasteiger partial charge is 0.306 e. The van der Waals surface area contributed by atoms with E-state index < -0.39 is 0 Å².